The number of amides is 1. The van der Waals surface area contributed by atoms with Crippen LogP contribution in [0.15, 0.2) is 43.4 Å². The molecule has 172 valence electrons. The number of hydrogen-bond acceptors (Lipinski definition) is 5. The summed E-state index contributed by atoms with van der Waals surface area (Å²) in [5.41, 5.74) is 0.194. The SMILES string of the molecule is C=CCCC[C@@H]1CCN(c2ncncc2Oc2ccc(F)cc2C(=O)N(CC)C(C)C)C1. The van der Waals surface area contributed by atoms with Crippen LogP contribution < -0.4 is 9.64 Å². The van der Waals surface area contributed by atoms with Gasteiger partial charge in [0, 0.05) is 25.7 Å². The highest BCUT2D eigenvalue weighted by molar-refractivity contribution is 5.97. The van der Waals surface area contributed by atoms with Gasteiger partial charge in [-0.1, -0.05) is 6.08 Å². The number of carbonyl (C=O) groups excluding carboxylic acids is 1. The van der Waals surface area contributed by atoms with Crippen LogP contribution in [0.4, 0.5) is 10.2 Å². The summed E-state index contributed by atoms with van der Waals surface area (Å²) in [6.07, 6.45) is 9.49. The molecular weight excluding hydrogens is 407 g/mol. The second-order valence-electron chi connectivity index (χ2n) is 8.46. The van der Waals surface area contributed by atoms with E-state index in [9.17, 15) is 9.18 Å². The van der Waals surface area contributed by atoms with Gasteiger partial charge in [0.2, 0.25) is 0 Å². The topological polar surface area (TPSA) is 58.6 Å². The van der Waals surface area contributed by atoms with E-state index in [0.29, 0.717) is 29.8 Å². The Morgan fingerprint density at radius 1 is 1.41 bits per heavy atom. The normalized spacial score (nSPS) is 15.8. The van der Waals surface area contributed by atoms with Gasteiger partial charge in [-0.3, -0.25) is 4.79 Å². The Labute approximate surface area is 190 Å². The molecule has 1 aromatic carbocycles. The summed E-state index contributed by atoms with van der Waals surface area (Å²) >= 11 is 0. The fourth-order valence-electron chi connectivity index (χ4n) is 4.21. The monoisotopic (exact) mass is 440 g/mol. The zero-order chi connectivity index (χ0) is 23.1. The third-order valence-corrected chi connectivity index (χ3v) is 5.88. The molecule has 0 aliphatic carbocycles. The van der Waals surface area contributed by atoms with Crippen LogP contribution in [-0.4, -0.2) is 46.5 Å². The number of allylic oxidation sites excluding steroid dienone is 1. The lowest BCUT2D eigenvalue weighted by Gasteiger charge is -2.26. The van der Waals surface area contributed by atoms with Gasteiger partial charge in [-0.2, -0.15) is 0 Å². The first kappa shape index (κ1) is 23.7. The number of rotatable bonds is 10. The molecule has 7 heteroatoms. The molecule has 2 aromatic rings. The second-order valence-corrected chi connectivity index (χ2v) is 8.46. The van der Waals surface area contributed by atoms with E-state index in [2.05, 4.69) is 21.4 Å². The zero-order valence-electron chi connectivity index (χ0n) is 19.3. The first-order chi connectivity index (χ1) is 15.4. The van der Waals surface area contributed by atoms with E-state index in [-0.39, 0.29) is 17.5 Å². The first-order valence-electron chi connectivity index (χ1n) is 11.4. The molecule has 0 spiro atoms. The van der Waals surface area contributed by atoms with Gasteiger partial charge >= 0.3 is 0 Å². The highest BCUT2D eigenvalue weighted by Gasteiger charge is 2.27. The van der Waals surface area contributed by atoms with Crippen LogP contribution >= 0.6 is 0 Å². The van der Waals surface area contributed by atoms with Crippen LogP contribution in [-0.2, 0) is 0 Å². The van der Waals surface area contributed by atoms with E-state index < -0.39 is 5.82 Å². The number of halogens is 1. The third kappa shape index (κ3) is 5.64. The molecule has 1 aromatic heterocycles. The zero-order valence-corrected chi connectivity index (χ0v) is 19.3. The number of unbranched alkanes of at least 4 members (excludes halogenated alkanes) is 1. The van der Waals surface area contributed by atoms with Gasteiger partial charge in [-0.05, 0) is 70.6 Å². The van der Waals surface area contributed by atoms with Crippen molar-refractivity contribution in [3.8, 4) is 11.5 Å². The van der Waals surface area contributed by atoms with E-state index in [1.807, 2.05) is 26.8 Å². The summed E-state index contributed by atoms with van der Waals surface area (Å²) in [4.78, 5) is 25.6. The summed E-state index contributed by atoms with van der Waals surface area (Å²) in [6, 6.07) is 4.02. The molecule has 0 radical (unpaired) electrons. The van der Waals surface area contributed by atoms with E-state index in [0.717, 1.165) is 38.8 Å². The van der Waals surface area contributed by atoms with Gasteiger partial charge in [-0.15, -0.1) is 6.58 Å². The Morgan fingerprint density at radius 2 is 2.22 bits per heavy atom. The van der Waals surface area contributed by atoms with Crippen LogP contribution in [0.5, 0.6) is 11.5 Å². The molecule has 3 rings (SSSR count). The Hall–Kier alpha value is -2.96. The average Bonchev–Trinajstić information content (AvgIpc) is 3.24. The summed E-state index contributed by atoms with van der Waals surface area (Å²) in [6.45, 7) is 11.9. The van der Waals surface area contributed by atoms with Gasteiger partial charge in [-0.25, -0.2) is 14.4 Å². The molecule has 1 fully saturated rings. The van der Waals surface area contributed by atoms with Gasteiger partial charge in [0.15, 0.2) is 11.6 Å². The van der Waals surface area contributed by atoms with Gasteiger partial charge < -0.3 is 14.5 Å². The van der Waals surface area contributed by atoms with Gasteiger partial charge in [0.1, 0.15) is 17.9 Å². The molecule has 1 aliphatic rings. The minimum absolute atomic E-state index is 0.0122. The highest BCUT2D eigenvalue weighted by Crippen LogP contribution is 2.35. The van der Waals surface area contributed by atoms with Crippen molar-refractivity contribution in [2.24, 2.45) is 5.92 Å². The maximum Gasteiger partial charge on any atom is 0.257 e. The molecule has 6 nitrogen and oxygen atoms in total. The predicted molar refractivity (Wildman–Crippen MR) is 125 cm³/mol. The van der Waals surface area contributed by atoms with E-state index in [1.54, 1.807) is 11.1 Å². The first-order valence-corrected chi connectivity index (χ1v) is 11.4. The number of nitrogens with zero attached hydrogens (tertiary/aromatic N) is 4. The third-order valence-electron chi connectivity index (χ3n) is 5.88. The molecule has 32 heavy (non-hydrogen) atoms. The van der Waals surface area contributed by atoms with Crippen molar-refractivity contribution in [3.63, 3.8) is 0 Å². The average molecular weight is 441 g/mol. The molecule has 2 heterocycles. The minimum Gasteiger partial charge on any atom is -0.451 e. The van der Waals surface area contributed by atoms with Crippen molar-refractivity contribution in [2.75, 3.05) is 24.5 Å². The number of hydrogen-bond donors (Lipinski definition) is 0. The Kier molecular flexibility index (Phi) is 8.20. The summed E-state index contributed by atoms with van der Waals surface area (Å²) < 4.78 is 20.2. The maximum absolute atomic E-state index is 14.0. The van der Waals surface area contributed by atoms with Crippen molar-refractivity contribution < 1.29 is 13.9 Å². The van der Waals surface area contributed by atoms with Crippen LogP contribution in [0.2, 0.25) is 0 Å². The number of aromatic nitrogens is 2. The Bertz CT molecular complexity index is 934. The lowest BCUT2D eigenvalue weighted by atomic mass is 10.0. The molecular formula is C25H33FN4O2. The maximum atomic E-state index is 14.0. The molecule has 0 N–H and O–H groups in total. The summed E-state index contributed by atoms with van der Waals surface area (Å²) in [5.74, 6) is 1.32. The lowest BCUT2D eigenvalue weighted by Crippen LogP contribution is -2.36. The largest absolute Gasteiger partial charge is 0.451 e. The Morgan fingerprint density at radius 3 is 2.94 bits per heavy atom. The number of carbonyl (C=O) groups is 1. The fraction of sp³-hybridized carbons (Fsp3) is 0.480. The molecule has 1 saturated heterocycles. The smallest absolute Gasteiger partial charge is 0.257 e. The number of benzene rings is 1. The second kappa shape index (κ2) is 11.1. The van der Waals surface area contributed by atoms with E-state index in [1.165, 1.54) is 24.5 Å². The van der Waals surface area contributed by atoms with E-state index in [4.69, 9.17) is 4.74 Å². The quantitative estimate of drug-likeness (QED) is 0.363. The molecule has 0 saturated carbocycles. The minimum atomic E-state index is -0.480. The standard InChI is InChI=1S/C25H33FN4O2/c1-5-7-8-9-19-12-13-29(16-19)24-23(15-27-17-28-24)32-22-11-10-20(26)14-21(22)25(31)30(6-2)18(3)4/h5,10-11,14-15,17-19H,1,6-9,12-13,16H2,2-4H3/t19-/m1/s1. The predicted octanol–water partition coefficient (Wildman–Crippen LogP) is 5.46. The highest BCUT2D eigenvalue weighted by atomic mass is 19.1. The Balaban J connectivity index is 1.83. The van der Waals surface area contributed by atoms with Gasteiger partial charge in [0.05, 0.1) is 11.8 Å². The molecule has 0 unspecified atom stereocenters. The molecule has 1 aliphatic heterocycles. The van der Waals surface area contributed by atoms with Crippen molar-refractivity contribution in [1.29, 1.82) is 0 Å². The van der Waals surface area contributed by atoms with Crippen LogP contribution in [0.3, 0.4) is 0 Å². The number of ether oxygens (including phenoxy) is 1. The van der Waals surface area contributed by atoms with Gasteiger partial charge in [0.25, 0.3) is 5.91 Å². The van der Waals surface area contributed by atoms with Crippen molar-refractivity contribution in [2.45, 2.75) is 52.5 Å². The molecule has 1 amide bonds. The summed E-state index contributed by atoms with van der Waals surface area (Å²) in [5, 5.41) is 0. The van der Waals surface area contributed by atoms with Crippen LogP contribution in [0.1, 0.15) is 56.8 Å². The molecule has 1 atom stereocenters. The van der Waals surface area contributed by atoms with Crippen molar-refractivity contribution in [1.82, 2.24) is 14.9 Å². The van der Waals surface area contributed by atoms with Crippen LogP contribution in [0, 0.1) is 11.7 Å². The molecule has 0 bridgehead atoms. The van der Waals surface area contributed by atoms with Crippen LogP contribution in [0.25, 0.3) is 0 Å². The fourth-order valence-corrected chi connectivity index (χ4v) is 4.21. The van der Waals surface area contributed by atoms with E-state index >= 15 is 0 Å². The number of anilines is 1. The van der Waals surface area contributed by atoms with Crippen molar-refractivity contribution in [3.05, 3.63) is 54.8 Å². The van der Waals surface area contributed by atoms with Crippen molar-refractivity contribution >= 4 is 11.7 Å². The summed E-state index contributed by atoms with van der Waals surface area (Å²) in [7, 11) is 0. The lowest BCUT2D eigenvalue weighted by molar-refractivity contribution is 0.0713.